The van der Waals surface area contributed by atoms with Gasteiger partial charge in [0.1, 0.15) is 0 Å². The van der Waals surface area contributed by atoms with Crippen LogP contribution in [0.15, 0.2) is 0 Å². The van der Waals surface area contributed by atoms with E-state index in [1.807, 2.05) is 0 Å². The predicted octanol–water partition coefficient (Wildman–Crippen LogP) is -0.658. The zero-order valence-electron chi connectivity index (χ0n) is 2.72. The Bertz CT molecular complexity index is 92.9. The van der Waals surface area contributed by atoms with Gasteiger partial charge in [0.25, 0.3) is 0 Å². The monoisotopic (exact) mass is 492 g/mol. The van der Waals surface area contributed by atoms with Gasteiger partial charge in [-0.2, -0.15) is 8.42 Å². The van der Waals surface area contributed by atoms with Crippen molar-refractivity contribution in [2.75, 3.05) is 0 Å². The van der Waals surface area contributed by atoms with E-state index in [0.29, 0.717) is 0 Å². The van der Waals surface area contributed by atoms with Crippen molar-refractivity contribution >= 4 is 10.4 Å². The van der Waals surface area contributed by atoms with Gasteiger partial charge in [0.05, 0.1) is 0 Å². The smallest absolute Gasteiger partial charge is 0.264 e. The first-order chi connectivity index (χ1) is 2.00. The summed E-state index contributed by atoms with van der Waals surface area (Å²) < 4.78 is 31.6. The topological polar surface area (TPSA) is 74.6 Å². The van der Waals surface area contributed by atoms with Gasteiger partial charge >= 0.3 is 10.4 Å². The first kappa shape index (κ1) is 15.8. The Kier molecular flexibility index (Phi) is 12.4. The van der Waals surface area contributed by atoms with E-state index < -0.39 is 10.4 Å². The van der Waals surface area contributed by atoms with Crippen molar-refractivity contribution in [1.29, 1.82) is 0 Å². The van der Waals surface area contributed by atoms with Gasteiger partial charge in [0.15, 0.2) is 0 Å². The molecule has 0 saturated heterocycles. The minimum absolute atomic E-state index is 0. The Hall–Kier alpha value is 1.35. The summed E-state index contributed by atoms with van der Waals surface area (Å²) in [5.74, 6) is 0. The maximum atomic E-state index is 8.74. The van der Waals surface area contributed by atoms with Crippen molar-refractivity contribution in [3.05, 3.63) is 0 Å². The normalized spacial score (nSPS) is 8.29. The van der Waals surface area contributed by atoms with E-state index in [0.717, 1.165) is 0 Å². The van der Waals surface area contributed by atoms with Gasteiger partial charge in [-0.1, -0.05) is 0 Å². The molecule has 0 rings (SSSR count). The summed E-state index contributed by atoms with van der Waals surface area (Å²) in [7, 11) is -4.67. The molecule has 0 unspecified atom stereocenters. The molecular weight excluding hydrogens is 490 g/mol. The van der Waals surface area contributed by atoms with Gasteiger partial charge in [-0.05, 0) is 0 Å². The number of hydrogen-bond acceptors (Lipinski definition) is 2. The molecule has 0 fully saturated rings. The van der Waals surface area contributed by atoms with Crippen molar-refractivity contribution in [2.45, 2.75) is 0 Å². The fraction of sp³-hybridized carbons (Fsp3) is 0. The van der Waals surface area contributed by atoms with Crippen LogP contribution in [0.3, 0.4) is 0 Å². The van der Waals surface area contributed by atoms with Crippen LogP contribution in [-0.2, 0) is 55.2 Å². The Morgan fingerprint density at radius 1 is 1.00 bits per heavy atom. The van der Waals surface area contributed by atoms with E-state index in [1.54, 1.807) is 0 Å². The van der Waals surface area contributed by atoms with Gasteiger partial charge in [-0.3, -0.25) is 9.11 Å². The first-order valence-electron chi connectivity index (χ1n) is 0.698. The molecule has 0 saturated carbocycles. The van der Waals surface area contributed by atoms with E-state index in [4.69, 9.17) is 17.5 Å². The minimum Gasteiger partial charge on any atom is -0.264 e. The molecule has 0 bridgehead atoms. The summed E-state index contributed by atoms with van der Waals surface area (Å²) in [5, 5.41) is 0. The average molecular weight is 492 g/mol. The number of rotatable bonds is 0. The van der Waals surface area contributed by atoms with Gasteiger partial charge in [0.2, 0.25) is 0 Å². The third-order valence-corrected chi connectivity index (χ3v) is 0. The average Bonchev–Trinajstić information content (AvgIpc) is 0.722. The van der Waals surface area contributed by atoms with Crippen LogP contribution in [0, 0.1) is 0 Å². The molecule has 54 valence electrons. The molecule has 0 atom stereocenters. The SMILES string of the molecule is O=S(=O)(O)O.[Au].[Au]. The standard InChI is InChI=1S/2Au.H2O4S/c;;1-5(2,3)4/h;;(H2,1,2,3,4). The summed E-state index contributed by atoms with van der Waals surface area (Å²) in [4.78, 5) is 0. The molecule has 4 nitrogen and oxygen atoms in total. The summed E-state index contributed by atoms with van der Waals surface area (Å²) >= 11 is 0. The third-order valence-electron chi connectivity index (χ3n) is 0. The minimum atomic E-state index is -4.67. The molecule has 2 radical (unpaired) electrons. The Labute approximate surface area is 72.3 Å². The van der Waals surface area contributed by atoms with Crippen molar-refractivity contribution in [2.24, 2.45) is 0 Å². The molecule has 7 heavy (non-hydrogen) atoms. The van der Waals surface area contributed by atoms with Gasteiger partial charge in [-0.25, -0.2) is 0 Å². The van der Waals surface area contributed by atoms with E-state index >= 15 is 0 Å². The maximum absolute atomic E-state index is 8.74. The van der Waals surface area contributed by atoms with E-state index in [9.17, 15) is 0 Å². The number of hydrogen-bond donors (Lipinski definition) is 2. The summed E-state index contributed by atoms with van der Waals surface area (Å²) in [6, 6.07) is 0. The van der Waals surface area contributed by atoms with Crippen LogP contribution in [0.5, 0.6) is 0 Å². The first-order valence-corrected chi connectivity index (χ1v) is 2.10. The quantitative estimate of drug-likeness (QED) is 0.349. The van der Waals surface area contributed by atoms with Crippen LogP contribution in [0.2, 0.25) is 0 Å². The molecule has 0 aliphatic heterocycles. The molecule has 7 heteroatoms. The van der Waals surface area contributed by atoms with Gasteiger partial charge in [-0.15, -0.1) is 0 Å². The summed E-state index contributed by atoms with van der Waals surface area (Å²) in [5.41, 5.74) is 0. The van der Waals surface area contributed by atoms with E-state index in [2.05, 4.69) is 0 Å². The van der Waals surface area contributed by atoms with E-state index in [1.165, 1.54) is 0 Å². The zero-order chi connectivity index (χ0) is 4.50. The Morgan fingerprint density at radius 2 is 1.00 bits per heavy atom. The van der Waals surface area contributed by atoms with Crippen molar-refractivity contribution < 1.29 is 62.3 Å². The molecule has 2 N–H and O–H groups in total. The molecule has 0 aliphatic rings. The second-order valence-electron chi connectivity index (χ2n) is 0.448. The molecular formula is H2Au2O4S. The van der Waals surface area contributed by atoms with Crippen LogP contribution in [0.4, 0.5) is 0 Å². The molecule has 0 amide bonds. The third kappa shape index (κ3) is 115. The fourth-order valence-electron chi connectivity index (χ4n) is 0. The van der Waals surface area contributed by atoms with Crippen LogP contribution in [0.1, 0.15) is 0 Å². The predicted molar refractivity (Wildman–Crippen MR) is 14.2 cm³/mol. The molecule has 0 aromatic carbocycles. The van der Waals surface area contributed by atoms with Crippen LogP contribution < -0.4 is 0 Å². The van der Waals surface area contributed by atoms with Crippen LogP contribution in [-0.4, -0.2) is 17.5 Å². The Morgan fingerprint density at radius 3 is 1.00 bits per heavy atom. The second kappa shape index (κ2) is 5.49. The maximum Gasteiger partial charge on any atom is 0.394 e. The van der Waals surface area contributed by atoms with Gasteiger partial charge in [0, 0.05) is 44.8 Å². The zero-order valence-corrected chi connectivity index (χ0v) is 7.87. The molecule has 0 aliphatic carbocycles. The second-order valence-corrected chi connectivity index (χ2v) is 1.34. The molecule has 0 spiro atoms. The van der Waals surface area contributed by atoms with Crippen molar-refractivity contribution in [3.63, 3.8) is 0 Å². The van der Waals surface area contributed by atoms with Crippen molar-refractivity contribution in [1.82, 2.24) is 0 Å². The van der Waals surface area contributed by atoms with Gasteiger partial charge < -0.3 is 0 Å². The summed E-state index contributed by atoms with van der Waals surface area (Å²) in [6.45, 7) is 0. The molecule has 0 heterocycles. The summed E-state index contributed by atoms with van der Waals surface area (Å²) in [6.07, 6.45) is 0. The van der Waals surface area contributed by atoms with Crippen LogP contribution >= 0.6 is 0 Å². The van der Waals surface area contributed by atoms with Crippen molar-refractivity contribution in [3.8, 4) is 0 Å². The Balaban J connectivity index is -0.0000000800. The molecule has 0 aromatic rings. The van der Waals surface area contributed by atoms with Crippen LogP contribution in [0.25, 0.3) is 0 Å². The largest absolute Gasteiger partial charge is 0.394 e. The van der Waals surface area contributed by atoms with E-state index in [-0.39, 0.29) is 44.8 Å². The molecule has 0 aromatic heterocycles. The fourth-order valence-corrected chi connectivity index (χ4v) is 0.